The van der Waals surface area contributed by atoms with Crippen LogP contribution in [0, 0.1) is 13.0 Å². The predicted octanol–water partition coefficient (Wildman–Crippen LogP) is 4.34. The lowest BCUT2D eigenvalue weighted by atomic mass is 10.0. The van der Waals surface area contributed by atoms with Crippen LogP contribution in [0.4, 0.5) is 0 Å². The van der Waals surface area contributed by atoms with Gasteiger partial charge < -0.3 is 0 Å². The molecule has 0 bridgehead atoms. The molecule has 0 saturated heterocycles. The first-order valence-electron chi connectivity index (χ1n) is 5.91. The Balaban J connectivity index is 1.94. The van der Waals surface area contributed by atoms with Gasteiger partial charge in [0, 0.05) is 0 Å². The van der Waals surface area contributed by atoms with Crippen molar-refractivity contribution in [2.24, 2.45) is 0 Å². The van der Waals surface area contributed by atoms with Crippen LogP contribution < -0.4 is 0 Å². The summed E-state index contributed by atoms with van der Waals surface area (Å²) in [6, 6.07) is 18.6. The van der Waals surface area contributed by atoms with Crippen LogP contribution in [0.5, 0.6) is 0 Å². The van der Waals surface area contributed by atoms with Crippen molar-refractivity contribution in [3.05, 3.63) is 59.7 Å². The standard InChI is InChI=1S/C16H15/c1-12-3-2-4-16(11-12)15-9-7-14(8-10-15)13-5-6-13/h2-4,7,9-11,13H,5-6H2,1H3. The van der Waals surface area contributed by atoms with Gasteiger partial charge in [-0.05, 0) is 54.5 Å². The monoisotopic (exact) mass is 207 g/mol. The molecule has 2 aromatic carbocycles. The van der Waals surface area contributed by atoms with Gasteiger partial charge in [0.05, 0.1) is 0 Å². The van der Waals surface area contributed by atoms with E-state index in [1.54, 1.807) is 0 Å². The zero-order chi connectivity index (χ0) is 11.0. The number of aryl methyl sites for hydroxylation is 1. The Hall–Kier alpha value is -1.56. The molecule has 1 aliphatic rings. The Morgan fingerprint density at radius 3 is 2.56 bits per heavy atom. The van der Waals surface area contributed by atoms with Crippen molar-refractivity contribution in [1.29, 1.82) is 0 Å². The molecule has 0 heteroatoms. The quantitative estimate of drug-likeness (QED) is 0.687. The van der Waals surface area contributed by atoms with Crippen molar-refractivity contribution in [2.75, 3.05) is 0 Å². The van der Waals surface area contributed by atoms with Gasteiger partial charge >= 0.3 is 0 Å². The summed E-state index contributed by atoms with van der Waals surface area (Å²) in [7, 11) is 0. The molecule has 16 heavy (non-hydrogen) atoms. The third-order valence-corrected chi connectivity index (χ3v) is 3.21. The van der Waals surface area contributed by atoms with Crippen LogP contribution in [0.3, 0.4) is 0 Å². The molecule has 79 valence electrons. The molecule has 0 heterocycles. The average Bonchev–Trinajstić information content (AvgIpc) is 3.13. The molecule has 0 aromatic heterocycles. The summed E-state index contributed by atoms with van der Waals surface area (Å²) in [5.41, 5.74) is 5.26. The predicted molar refractivity (Wildman–Crippen MR) is 67.4 cm³/mol. The van der Waals surface area contributed by atoms with Crippen molar-refractivity contribution in [2.45, 2.75) is 25.7 Å². The van der Waals surface area contributed by atoms with Crippen molar-refractivity contribution in [1.82, 2.24) is 0 Å². The summed E-state index contributed by atoms with van der Waals surface area (Å²) >= 11 is 0. The highest BCUT2D eigenvalue weighted by Gasteiger charge is 2.23. The SMILES string of the molecule is Cc1cccc(-c2c[c]c(C3CC3)cc2)c1. The van der Waals surface area contributed by atoms with Gasteiger partial charge in [0.1, 0.15) is 0 Å². The lowest BCUT2D eigenvalue weighted by Crippen LogP contribution is -1.82. The summed E-state index contributed by atoms with van der Waals surface area (Å²) in [6.45, 7) is 2.13. The molecule has 1 radical (unpaired) electrons. The van der Waals surface area contributed by atoms with Crippen molar-refractivity contribution in [3.8, 4) is 11.1 Å². The Bertz CT molecular complexity index is 490. The minimum atomic E-state index is 0.798. The van der Waals surface area contributed by atoms with Crippen LogP contribution in [0.15, 0.2) is 42.5 Å². The molecular weight excluding hydrogens is 192 g/mol. The second-order valence-electron chi connectivity index (χ2n) is 4.68. The highest BCUT2D eigenvalue weighted by Crippen LogP contribution is 2.40. The minimum absolute atomic E-state index is 0.798. The van der Waals surface area contributed by atoms with E-state index in [0.29, 0.717) is 0 Å². The summed E-state index contributed by atoms with van der Waals surface area (Å²) in [6.07, 6.45) is 2.70. The average molecular weight is 207 g/mol. The molecule has 0 amide bonds. The van der Waals surface area contributed by atoms with Gasteiger partial charge in [-0.1, -0.05) is 42.0 Å². The van der Waals surface area contributed by atoms with Gasteiger partial charge in [-0.25, -0.2) is 0 Å². The zero-order valence-corrected chi connectivity index (χ0v) is 9.53. The second-order valence-corrected chi connectivity index (χ2v) is 4.68. The first kappa shape index (κ1) is 9.65. The molecule has 0 spiro atoms. The van der Waals surface area contributed by atoms with Gasteiger partial charge in [-0.2, -0.15) is 0 Å². The third kappa shape index (κ3) is 1.88. The van der Waals surface area contributed by atoms with Gasteiger partial charge in [0.25, 0.3) is 0 Å². The van der Waals surface area contributed by atoms with E-state index in [0.717, 1.165) is 5.92 Å². The van der Waals surface area contributed by atoms with E-state index in [9.17, 15) is 0 Å². The van der Waals surface area contributed by atoms with Crippen molar-refractivity contribution in [3.63, 3.8) is 0 Å². The maximum atomic E-state index is 3.42. The molecule has 0 unspecified atom stereocenters. The molecule has 0 N–H and O–H groups in total. The lowest BCUT2D eigenvalue weighted by Gasteiger charge is -2.04. The summed E-state index contributed by atoms with van der Waals surface area (Å²) in [5, 5.41) is 0. The largest absolute Gasteiger partial charge is 0.0614 e. The fourth-order valence-corrected chi connectivity index (χ4v) is 2.09. The maximum absolute atomic E-state index is 3.42. The fraction of sp³-hybridized carbons (Fsp3) is 0.250. The van der Waals surface area contributed by atoms with Crippen LogP contribution in [-0.4, -0.2) is 0 Å². The molecule has 0 aliphatic heterocycles. The van der Waals surface area contributed by atoms with Crippen LogP contribution >= 0.6 is 0 Å². The van der Waals surface area contributed by atoms with Crippen LogP contribution in [0.25, 0.3) is 11.1 Å². The normalized spacial score (nSPS) is 15.1. The van der Waals surface area contributed by atoms with E-state index in [2.05, 4.69) is 55.5 Å². The summed E-state index contributed by atoms with van der Waals surface area (Å²) in [4.78, 5) is 0. The summed E-state index contributed by atoms with van der Waals surface area (Å²) in [5.74, 6) is 0.798. The van der Waals surface area contributed by atoms with Crippen molar-refractivity contribution >= 4 is 0 Å². The van der Waals surface area contributed by atoms with Gasteiger partial charge in [0.15, 0.2) is 0 Å². The molecule has 1 saturated carbocycles. The number of rotatable bonds is 2. The molecule has 1 aliphatic carbocycles. The van der Waals surface area contributed by atoms with Crippen LogP contribution in [0.2, 0.25) is 0 Å². The van der Waals surface area contributed by atoms with Gasteiger partial charge in [-0.3, -0.25) is 0 Å². The number of hydrogen-bond acceptors (Lipinski definition) is 0. The highest BCUT2D eigenvalue weighted by atomic mass is 14.3. The van der Waals surface area contributed by atoms with E-state index in [4.69, 9.17) is 0 Å². The lowest BCUT2D eigenvalue weighted by molar-refractivity contribution is 1.13. The Morgan fingerprint density at radius 1 is 1.06 bits per heavy atom. The van der Waals surface area contributed by atoms with E-state index < -0.39 is 0 Å². The molecule has 0 nitrogen and oxygen atoms in total. The van der Waals surface area contributed by atoms with E-state index >= 15 is 0 Å². The fourth-order valence-electron chi connectivity index (χ4n) is 2.09. The van der Waals surface area contributed by atoms with E-state index in [1.165, 1.54) is 35.1 Å². The van der Waals surface area contributed by atoms with Crippen LogP contribution in [0.1, 0.15) is 29.9 Å². The highest BCUT2D eigenvalue weighted by molar-refractivity contribution is 5.64. The minimum Gasteiger partial charge on any atom is -0.0614 e. The van der Waals surface area contributed by atoms with Gasteiger partial charge in [0.2, 0.25) is 0 Å². The molecule has 0 atom stereocenters. The van der Waals surface area contributed by atoms with E-state index in [1.807, 2.05) is 0 Å². The molecule has 2 aromatic rings. The Morgan fingerprint density at radius 2 is 1.94 bits per heavy atom. The first-order chi connectivity index (χ1) is 7.83. The maximum Gasteiger partial charge on any atom is -0.0140 e. The molecule has 3 rings (SSSR count). The topological polar surface area (TPSA) is 0 Å². The first-order valence-corrected chi connectivity index (χ1v) is 5.91. The Kier molecular flexibility index (Phi) is 2.28. The molecule has 1 fully saturated rings. The summed E-state index contributed by atoms with van der Waals surface area (Å²) < 4.78 is 0. The second kappa shape index (κ2) is 3.79. The third-order valence-electron chi connectivity index (χ3n) is 3.21. The Labute approximate surface area is 96.9 Å². The number of hydrogen-bond donors (Lipinski definition) is 0. The van der Waals surface area contributed by atoms with E-state index in [-0.39, 0.29) is 0 Å². The van der Waals surface area contributed by atoms with Crippen LogP contribution in [-0.2, 0) is 0 Å². The zero-order valence-electron chi connectivity index (χ0n) is 9.53. The number of benzene rings is 2. The smallest absolute Gasteiger partial charge is 0.0140 e. The van der Waals surface area contributed by atoms with Crippen molar-refractivity contribution < 1.29 is 0 Å². The van der Waals surface area contributed by atoms with Gasteiger partial charge in [-0.15, -0.1) is 0 Å². The molecular formula is C16H15.